The minimum absolute atomic E-state index is 0.255. The molecule has 0 atom stereocenters. The van der Waals surface area contributed by atoms with Crippen LogP contribution in [0.5, 0.6) is 5.75 Å². The lowest BCUT2D eigenvalue weighted by Gasteiger charge is -2.09. The zero-order chi connectivity index (χ0) is 19.2. The van der Waals surface area contributed by atoms with E-state index in [-0.39, 0.29) is 12.2 Å². The van der Waals surface area contributed by atoms with Gasteiger partial charge in [-0.2, -0.15) is 0 Å². The van der Waals surface area contributed by atoms with E-state index in [1.165, 1.54) is 6.08 Å². The lowest BCUT2D eigenvalue weighted by atomic mass is 10.0. The van der Waals surface area contributed by atoms with Gasteiger partial charge in [0.25, 0.3) is 0 Å². The smallest absolute Gasteiger partial charge is 0.334 e. The second-order valence-corrected chi connectivity index (χ2v) is 5.93. The molecule has 0 aromatic heterocycles. The van der Waals surface area contributed by atoms with Gasteiger partial charge < -0.3 is 14.2 Å². The monoisotopic (exact) mass is 362 g/mol. The predicted octanol–water partition coefficient (Wildman–Crippen LogP) is 4.24. The van der Waals surface area contributed by atoms with E-state index in [4.69, 9.17) is 14.2 Å². The molecule has 144 valence electrons. The number of unbranched alkanes of at least 4 members (excludes halogenated alkanes) is 2. The molecule has 0 bridgehead atoms. The first-order valence-electron chi connectivity index (χ1n) is 9.36. The van der Waals surface area contributed by atoms with Crippen LogP contribution in [0, 0.1) is 0 Å². The number of hydrogen-bond donors (Lipinski definition) is 0. The van der Waals surface area contributed by atoms with E-state index in [9.17, 15) is 9.59 Å². The number of carbonyl (C=O) groups excluding carboxylic acids is 2. The van der Waals surface area contributed by atoms with Crippen molar-refractivity contribution in [3.63, 3.8) is 0 Å². The first-order chi connectivity index (χ1) is 12.6. The highest BCUT2D eigenvalue weighted by Crippen LogP contribution is 2.16. The molecule has 5 heteroatoms. The Morgan fingerprint density at radius 1 is 0.923 bits per heavy atom. The molecule has 0 saturated heterocycles. The van der Waals surface area contributed by atoms with Gasteiger partial charge in [0, 0.05) is 18.1 Å². The highest BCUT2D eigenvalue weighted by atomic mass is 16.5. The molecule has 0 saturated carbocycles. The lowest BCUT2D eigenvalue weighted by molar-refractivity contribution is -0.141. The number of esters is 2. The van der Waals surface area contributed by atoms with Crippen molar-refractivity contribution < 1.29 is 23.8 Å². The van der Waals surface area contributed by atoms with Gasteiger partial charge in [-0.25, -0.2) is 9.59 Å². The molecule has 0 spiro atoms. The maximum atomic E-state index is 12.1. The average molecular weight is 362 g/mol. The van der Waals surface area contributed by atoms with Crippen LogP contribution >= 0.6 is 0 Å². The van der Waals surface area contributed by atoms with Gasteiger partial charge in [-0.15, -0.1) is 0 Å². The molecule has 0 aliphatic rings. The van der Waals surface area contributed by atoms with Crippen LogP contribution in [0.1, 0.15) is 52.0 Å². The summed E-state index contributed by atoms with van der Waals surface area (Å²) in [5.41, 5.74) is 1.18. The fourth-order valence-electron chi connectivity index (χ4n) is 2.16. The van der Waals surface area contributed by atoms with E-state index in [0.717, 1.165) is 37.0 Å². The zero-order valence-electron chi connectivity index (χ0n) is 16.1. The minimum Gasteiger partial charge on any atom is -0.494 e. The molecule has 0 aliphatic heterocycles. The van der Waals surface area contributed by atoms with Crippen LogP contribution in [0.15, 0.2) is 35.9 Å². The molecule has 1 aromatic carbocycles. The summed E-state index contributed by atoms with van der Waals surface area (Å²) in [5, 5.41) is 0. The second-order valence-electron chi connectivity index (χ2n) is 5.93. The zero-order valence-corrected chi connectivity index (χ0v) is 16.1. The Hall–Kier alpha value is -2.30. The Bertz CT molecular complexity index is 575. The van der Waals surface area contributed by atoms with Crippen LogP contribution in [0.4, 0.5) is 0 Å². The fraction of sp³-hybridized carbons (Fsp3) is 0.524. The van der Waals surface area contributed by atoms with Crippen LogP contribution in [0.25, 0.3) is 0 Å². The normalized spacial score (nSPS) is 11.1. The molecule has 0 aliphatic carbocycles. The van der Waals surface area contributed by atoms with E-state index in [1.54, 1.807) is 6.92 Å². The number of rotatable bonds is 12. The molecule has 1 rings (SSSR count). The number of carbonyl (C=O) groups is 2. The average Bonchev–Trinajstić information content (AvgIpc) is 2.63. The van der Waals surface area contributed by atoms with Gasteiger partial charge in [-0.05, 0) is 37.5 Å². The highest BCUT2D eigenvalue weighted by molar-refractivity contribution is 5.96. The fourth-order valence-corrected chi connectivity index (χ4v) is 2.16. The van der Waals surface area contributed by atoms with Gasteiger partial charge in [0.15, 0.2) is 0 Å². The number of hydrogen-bond acceptors (Lipinski definition) is 5. The molecular formula is C21H30O5. The highest BCUT2D eigenvalue weighted by Gasteiger charge is 2.14. The Morgan fingerprint density at radius 2 is 1.58 bits per heavy atom. The maximum Gasteiger partial charge on any atom is 0.334 e. The van der Waals surface area contributed by atoms with Crippen LogP contribution < -0.4 is 4.74 Å². The van der Waals surface area contributed by atoms with Gasteiger partial charge >= 0.3 is 11.9 Å². The van der Waals surface area contributed by atoms with Crippen molar-refractivity contribution in [1.82, 2.24) is 0 Å². The molecule has 0 radical (unpaired) electrons. The third kappa shape index (κ3) is 8.70. The van der Waals surface area contributed by atoms with E-state index < -0.39 is 11.9 Å². The van der Waals surface area contributed by atoms with Crippen molar-refractivity contribution >= 4 is 11.9 Å². The summed E-state index contributed by atoms with van der Waals surface area (Å²) in [6.45, 7) is 7.16. The Morgan fingerprint density at radius 3 is 2.19 bits per heavy atom. The van der Waals surface area contributed by atoms with E-state index in [1.807, 2.05) is 31.2 Å². The number of ether oxygens (including phenoxy) is 3. The van der Waals surface area contributed by atoms with Crippen molar-refractivity contribution in [3.05, 3.63) is 41.5 Å². The standard InChI is InChI=1S/C21H30O5/c1-4-7-13-25-19-11-9-17(10-12-19)15-18(21(23)24-6-3)16-20(22)26-14-8-5-2/h9-12,16H,4-8,13-15H2,1-3H3/b18-16-. The van der Waals surface area contributed by atoms with Crippen molar-refractivity contribution in [2.75, 3.05) is 19.8 Å². The molecule has 1 aromatic rings. The van der Waals surface area contributed by atoms with Crippen LogP contribution in [0.3, 0.4) is 0 Å². The SMILES string of the molecule is CCCCOC(=O)/C=C(/Cc1ccc(OCCCC)cc1)C(=O)OCC. The van der Waals surface area contributed by atoms with Gasteiger partial charge in [0.1, 0.15) is 5.75 Å². The molecule has 0 unspecified atom stereocenters. The maximum absolute atomic E-state index is 12.1. The Kier molecular flexibility index (Phi) is 10.9. The van der Waals surface area contributed by atoms with Gasteiger partial charge in [-0.1, -0.05) is 38.8 Å². The first-order valence-corrected chi connectivity index (χ1v) is 9.36. The molecule has 26 heavy (non-hydrogen) atoms. The van der Waals surface area contributed by atoms with Gasteiger partial charge in [0.05, 0.1) is 19.8 Å². The Balaban J connectivity index is 2.75. The third-order valence-electron chi connectivity index (χ3n) is 3.66. The summed E-state index contributed by atoms with van der Waals surface area (Å²) in [6.07, 6.45) is 5.37. The second kappa shape index (κ2) is 13.0. The van der Waals surface area contributed by atoms with Crippen molar-refractivity contribution in [1.29, 1.82) is 0 Å². The van der Waals surface area contributed by atoms with E-state index in [2.05, 4.69) is 6.92 Å². The predicted molar refractivity (Wildman–Crippen MR) is 101 cm³/mol. The molecule has 5 nitrogen and oxygen atoms in total. The van der Waals surface area contributed by atoms with E-state index in [0.29, 0.717) is 19.6 Å². The first kappa shape index (κ1) is 21.7. The van der Waals surface area contributed by atoms with Crippen molar-refractivity contribution in [2.24, 2.45) is 0 Å². The van der Waals surface area contributed by atoms with Crippen molar-refractivity contribution in [2.45, 2.75) is 52.9 Å². The van der Waals surface area contributed by atoms with Crippen LogP contribution in [0.2, 0.25) is 0 Å². The molecule has 0 N–H and O–H groups in total. The molecule has 0 fully saturated rings. The Labute approximate surface area is 156 Å². The summed E-state index contributed by atoms with van der Waals surface area (Å²) < 4.78 is 15.8. The van der Waals surface area contributed by atoms with Gasteiger partial charge in [0.2, 0.25) is 0 Å². The summed E-state index contributed by atoms with van der Waals surface area (Å²) in [5.74, 6) is -0.216. The summed E-state index contributed by atoms with van der Waals surface area (Å²) in [7, 11) is 0. The third-order valence-corrected chi connectivity index (χ3v) is 3.66. The van der Waals surface area contributed by atoms with Crippen LogP contribution in [-0.2, 0) is 25.5 Å². The largest absolute Gasteiger partial charge is 0.494 e. The summed E-state index contributed by atoms with van der Waals surface area (Å²) >= 11 is 0. The van der Waals surface area contributed by atoms with Gasteiger partial charge in [-0.3, -0.25) is 0 Å². The molecule has 0 amide bonds. The molecule has 0 heterocycles. The quantitative estimate of drug-likeness (QED) is 0.316. The van der Waals surface area contributed by atoms with E-state index >= 15 is 0 Å². The van der Waals surface area contributed by atoms with Crippen LogP contribution in [-0.4, -0.2) is 31.8 Å². The lowest BCUT2D eigenvalue weighted by Crippen LogP contribution is -2.13. The summed E-state index contributed by atoms with van der Waals surface area (Å²) in [6, 6.07) is 7.51. The topological polar surface area (TPSA) is 61.8 Å². The summed E-state index contributed by atoms with van der Waals surface area (Å²) in [4.78, 5) is 24.0. The number of benzene rings is 1. The molecular weight excluding hydrogens is 332 g/mol. The minimum atomic E-state index is -0.513. The van der Waals surface area contributed by atoms with Crippen molar-refractivity contribution in [3.8, 4) is 5.75 Å².